The summed E-state index contributed by atoms with van der Waals surface area (Å²) in [4.78, 5) is 18.2. The maximum absolute atomic E-state index is 11.3. The van der Waals surface area contributed by atoms with Crippen molar-refractivity contribution in [2.24, 2.45) is 5.92 Å². The third kappa shape index (κ3) is 4.81. The van der Waals surface area contributed by atoms with E-state index in [9.17, 15) is 9.90 Å². The molecule has 0 bridgehead atoms. The van der Waals surface area contributed by atoms with E-state index >= 15 is 0 Å². The minimum Gasteiger partial charge on any atom is -0.493 e. The molecule has 1 fully saturated rings. The van der Waals surface area contributed by atoms with Gasteiger partial charge >= 0.3 is 5.97 Å². The van der Waals surface area contributed by atoms with Crippen LogP contribution in [0.5, 0.6) is 11.5 Å². The molecule has 1 aliphatic heterocycles. The maximum Gasteiger partial charge on any atom is 0.306 e. The normalized spacial score (nSPS) is 16.5. The number of rotatable bonds is 8. The Balaban J connectivity index is 1.88. The first-order valence-corrected chi connectivity index (χ1v) is 9.79. The fourth-order valence-electron chi connectivity index (χ4n) is 3.80. The summed E-state index contributed by atoms with van der Waals surface area (Å²) in [5.74, 6) is 0.506. The van der Waals surface area contributed by atoms with Crippen molar-refractivity contribution in [3.63, 3.8) is 0 Å². The second kappa shape index (κ2) is 9.55. The molecule has 0 radical (unpaired) electrons. The van der Waals surface area contributed by atoms with E-state index < -0.39 is 5.97 Å². The van der Waals surface area contributed by atoms with Crippen molar-refractivity contribution < 1.29 is 19.4 Å². The topological polar surface area (TPSA) is 71.9 Å². The van der Waals surface area contributed by atoms with Crippen LogP contribution in [-0.4, -0.2) is 47.8 Å². The zero-order valence-corrected chi connectivity index (χ0v) is 16.5. The van der Waals surface area contributed by atoms with Crippen molar-refractivity contribution in [3.8, 4) is 11.5 Å². The van der Waals surface area contributed by atoms with Crippen LogP contribution in [0.4, 0.5) is 0 Å². The average Bonchev–Trinajstić information content (AvgIpc) is 2.73. The summed E-state index contributed by atoms with van der Waals surface area (Å²) < 4.78 is 11.2. The zero-order valence-electron chi connectivity index (χ0n) is 16.5. The number of aromatic nitrogens is 1. The van der Waals surface area contributed by atoms with Crippen LogP contribution < -0.4 is 9.47 Å². The summed E-state index contributed by atoms with van der Waals surface area (Å²) >= 11 is 0. The van der Waals surface area contributed by atoms with Crippen LogP contribution in [0.2, 0.25) is 0 Å². The van der Waals surface area contributed by atoms with Crippen LogP contribution in [0, 0.1) is 5.92 Å². The average molecular weight is 384 g/mol. The van der Waals surface area contributed by atoms with Crippen LogP contribution in [0.15, 0.2) is 42.6 Å². The number of hydrogen-bond donors (Lipinski definition) is 1. The summed E-state index contributed by atoms with van der Waals surface area (Å²) in [6.07, 6.45) is 3.91. The third-order valence-electron chi connectivity index (χ3n) is 5.32. The van der Waals surface area contributed by atoms with E-state index in [0.29, 0.717) is 25.2 Å². The summed E-state index contributed by atoms with van der Waals surface area (Å²) in [6.45, 7) is 4.03. The van der Waals surface area contributed by atoms with Crippen LogP contribution in [0.1, 0.15) is 37.1 Å². The summed E-state index contributed by atoms with van der Waals surface area (Å²) in [7, 11) is 1.64. The van der Waals surface area contributed by atoms with E-state index in [1.54, 1.807) is 7.11 Å². The van der Waals surface area contributed by atoms with Crippen LogP contribution in [0.25, 0.3) is 0 Å². The molecule has 3 rings (SSSR count). The van der Waals surface area contributed by atoms with Gasteiger partial charge in [-0.1, -0.05) is 12.1 Å². The van der Waals surface area contributed by atoms with Crippen molar-refractivity contribution in [2.75, 3.05) is 26.8 Å². The predicted molar refractivity (Wildman–Crippen MR) is 107 cm³/mol. The Morgan fingerprint density at radius 2 is 2.04 bits per heavy atom. The Hall–Kier alpha value is -2.60. The van der Waals surface area contributed by atoms with Crippen LogP contribution in [-0.2, 0) is 11.2 Å². The first-order valence-electron chi connectivity index (χ1n) is 9.79. The first kappa shape index (κ1) is 20.1. The molecule has 0 amide bonds. The molecule has 1 aliphatic rings. The highest BCUT2D eigenvalue weighted by Gasteiger charge is 2.30. The quantitative estimate of drug-likeness (QED) is 0.750. The third-order valence-corrected chi connectivity index (χ3v) is 5.32. The maximum atomic E-state index is 11.3. The number of ether oxygens (including phenoxy) is 2. The Labute approximate surface area is 166 Å². The predicted octanol–water partition coefficient (Wildman–Crippen LogP) is 3.57. The van der Waals surface area contributed by atoms with Gasteiger partial charge in [0.15, 0.2) is 11.5 Å². The van der Waals surface area contributed by atoms with E-state index in [2.05, 4.69) is 16.0 Å². The van der Waals surface area contributed by atoms with Gasteiger partial charge in [-0.05, 0) is 62.7 Å². The molecule has 1 saturated heterocycles. The highest BCUT2D eigenvalue weighted by atomic mass is 16.5. The number of carbonyl (C=O) groups is 1. The molecular weight excluding hydrogens is 356 g/mol. The van der Waals surface area contributed by atoms with Gasteiger partial charge in [-0.2, -0.15) is 0 Å². The summed E-state index contributed by atoms with van der Waals surface area (Å²) in [5.41, 5.74) is 2.14. The standard InChI is InChI=1S/C22H28N2O4/c1-3-28-21-14-17(7-8-20(21)27-2)19(15-18-6-4-5-11-23-18)24-12-9-16(10-13-24)22(25)26/h4-8,11,14,16,19H,3,9-10,12-13,15H2,1-2H3,(H,25,26). The molecular formula is C22H28N2O4. The second-order valence-electron chi connectivity index (χ2n) is 7.03. The Morgan fingerprint density at radius 1 is 1.25 bits per heavy atom. The van der Waals surface area contributed by atoms with Gasteiger partial charge in [0.05, 0.1) is 19.6 Å². The molecule has 2 aromatic rings. The molecule has 0 aliphatic carbocycles. The van der Waals surface area contributed by atoms with E-state index in [0.717, 1.165) is 36.5 Å². The first-order chi connectivity index (χ1) is 13.6. The number of benzene rings is 1. The van der Waals surface area contributed by atoms with Gasteiger partial charge in [-0.15, -0.1) is 0 Å². The molecule has 0 saturated carbocycles. The highest BCUT2D eigenvalue weighted by molar-refractivity contribution is 5.70. The summed E-state index contributed by atoms with van der Waals surface area (Å²) in [6, 6.07) is 12.1. The number of likely N-dealkylation sites (tertiary alicyclic amines) is 1. The number of pyridine rings is 1. The van der Waals surface area contributed by atoms with Gasteiger partial charge in [0.1, 0.15) is 0 Å². The Kier molecular flexibility index (Phi) is 6.87. The van der Waals surface area contributed by atoms with Gasteiger partial charge in [0.25, 0.3) is 0 Å². The molecule has 28 heavy (non-hydrogen) atoms. The Morgan fingerprint density at radius 3 is 2.64 bits per heavy atom. The number of piperidine rings is 1. The lowest BCUT2D eigenvalue weighted by Crippen LogP contribution is -2.39. The van der Waals surface area contributed by atoms with E-state index in [-0.39, 0.29) is 12.0 Å². The van der Waals surface area contributed by atoms with Crippen molar-refractivity contribution in [1.29, 1.82) is 0 Å². The van der Waals surface area contributed by atoms with E-state index in [1.165, 1.54) is 0 Å². The van der Waals surface area contributed by atoms with Crippen molar-refractivity contribution in [3.05, 3.63) is 53.9 Å². The van der Waals surface area contributed by atoms with Gasteiger partial charge in [-0.3, -0.25) is 14.7 Å². The second-order valence-corrected chi connectivity index (χ2v) is 7.03. The van der Waals surface area contributed by atoms with Gasteiger partial charge in [0, 0.05) is 24.4 Å². The van der Waals surface area contributed by atoms with Crippen molar-refractivity contribution in [2.45, 2.75) is 32.2 Å². The lowest BCUT2D eigenvalue weighted by molar-refractivity contribution is -0.143. The zero-order chi connectivity index (χ0) is 19.9. The monoisotopic (exact) mass is 384 g/mol. The molecule has 1 aromatic heterocycles. The minimum absolute atomic E-state index is 0.106. The lowest BCUT2D eigenvalue weighted by Gasteiger charge is -2.37. The van der Waals surface area contributed by atoms with Crippen molar-refractivity contribution >= 4 is 5.97 Å². The SMILES string of the molecule is CCOc1cc(C(Cc2ccccn2)N2CCC(C(=O)O)CC2)ccc1OC. The number of carboxylic acid groups (broad SMARTS) is 1. The van der Waals surface area contributed by atoms with E-state index in [4.69, 9.17) is 9.47 Å². The number of carboxylic acids is 1. The van der Waals surface area contributed by atoms with E-state index in [1.807, 2.05) is 43.5 Å². The minimum atomic E-state index is -0.691. The van der Waals surface area contributed by atoms with Crippen LogP contribution in [0.3, 0.4) is 0 Å². The fourth-order valence-corrected chi connectivity index (χ4v) is 3.80. The molecule has 2 heterocycles. The van der Waals surface area contributed by atoms with Crippen molar-refractivity contribution in [1.82, 2.24) is 9.88 Å². The number of hydrogen-bond acceptors (Lipinski definition) is 5. The molecule has 150 valence electrons. The molecule has 6 nitrogen and oxygen atoms in total. The van der Waals surface area contributed by atoms with Gasteiger partial charge in [0.2, 0.25) is 0 Å². The largest absolute Gasteiger partial charge is 0.493 e. The van der Waals surface area contributed by atoms with Crippen LogP contribution >= 0.6 is 0 Å². The highest BCUT2D eigenvalue weighted by Crippen LogP contribution is 2.35. The smallest absolute Gasteiger partial charge is 0.306 e. The van der Waals surface area contributed by atoms with Gasteiger partial charge < -0.3 is 14.6 Å². The molecule has 0 spiro atoms. The number of methoxy groups -OCH3 is 1. The summed E-state index contributed by atoms with van der Waals surface area (Å²) in [5, 5.41) is 9.31. The number of nitrogens with zero attached hydrogens (tertiary/aromatic N) is 2. The Bertz CT molecular complexity index is 773. The van der Waals surface area contributed by atoms with Gasteiger partial charge in [-0.25, -0.2) is 0 Å². The fraction of sp³-hybridized carbons (Fsp3) is 0.455. The molecule has 1 atom stereocenters. The molecule has 1 unspecified atom stereocenters. The number of aliphatic carboxylic acids is 1. The lowest BCUT2D eigenvalue weighted by atomic mass is 9.92. The molecule has 6 heteroatoms. The molecule has 1 N–H and O–H groups in total. The molecule has 1 aromatic carbocycles.